The molecule has 134 valence electrons. The van der Waals surface area contributed by atoms with Crippen LogP contribution in [0.15, 0.2) is 59.5 Å². The molecule has 1 aliphatic heterocycles. The molecule has 1 amide bonds. The number of ether oxygens (including phenoxy) is 2. The molecule has 1 heterocycles. The molecule has 1 atom stereocenters. The van der Waals surface area contributed by atoms with E-state index in [1.165, 1.54) is 11.8 Å². The molecule has 1 saturated heterocycles. The summed E-state index contributed by atoms with van der Waals surface area (Å²) in [5.74, 6) is 1.77. The molecule has 4 nitrogen and oxygen atoms in total. The number of thiocarbonyl (C=S) groups is 1. The quantitative estimate of drug-likeness (QED) is 0.570. The zero-order valence-electron chi connectivity index (χ0n) is 14.3. The molecule has 0 radical (unpaired) electrons. The smallest absolute Gasteiger partial charge is 0.263 e. The number of benzene rings is 2. The van der Waals surface area contributed by atoms with Gasteiger partial charge in [0, 0.05) is 5.92 Å². The van der Waals surface area contributed by atoms with E-state index in [0.29, 0.717) is 22.4 Å². The Balaban J connectivity index is 1.47. The summed E-state index contributed by atoms with van der Waals surface area (Å²) in [6, 6.07) is 17.4. The minimum Gasteiger partial charge on any atom is -0.493 e. The van der Waals surface area contributed by atoms with Crippen molar-refractivity contribution in [3.05, 3.63) is 65.1 Å². The maximum atomic E-state index is 11.7. The summed E-state index contributed by atoms with van der Waals surface area (Å²) in [6.07, 6.45) is 1.82. The molecule has 1 N–H and O–H groups in total. The van der Waals surface area contributed by atoms with Gasteiger partial charge in [0.1, 0.15) is 15.8 Å². The highest BCUT2D eigenvalue weighted by atomic mass is 32.2. The second-order valence-corrected chi connectivity index (χ2v) is 7.68. The highest BCUT2D eigenvalue weighted by molar-refractivity contribution is 8.26. The third kappa shape index (κ3) is 5.34. The van der Waals surface area contributed by atoms with E-state index in [9.17, 15) is 4.79 Å². The van der Waals surface area contributed by atoms with Crippen molar-refractivity contribution < 1.29 is 14.3 Å². The molecular formula is C20H19NO3S2. The molecule has 2 aromatic carbocycles. The summed E-state index contributed by atoms with van der Waals surface area (Å²) in [7, 11) is 0. The van der Waals surface area contributed by atoms with Crippen LogP contribution in [0.25, 0.3) is 6.08 Å². The van der Waals surface area contributed by atoms with Gasteiger partial charge in [0.15, 0.2) is 0 Å². The largest absolute Gasteiger partial charge is 0.493 e. The van der Waals surface area contributed by atoms with Crippen molar-refractivity contribution in [1.29, 1.82) is 0 Å². The van der Waals surface area contributed by atoms with Crippen molar-refractivity contribution >= 4 is 40.3 Å². The van der Waals surface area contributed by atoms with Crippen LogP contribution >= 0.6 is 24.0 Å². The van der Waals surface area contributed by atoms with Gasteiger partial charge in [0.2, 0.25) is 0 Å². The first-order valence-corrected chi connectivity index (χ1v) is 9.48. The van der Waals surface area contributed by atoms with E-state index < -0.39 is 0 Å². The van der Waals surface area contributed by atoms with Crippen LogP contribution in [0.4, 0.5) is 0 Å². The summed E-state index contributed by atoms with van der Waals surface area (Å²) < 4.78 is 12.0. The number of rotatable bonds is 7. The Labute approximate surface area is 162 Å². The standard InChI is InChI=1S/C20H19NO3S2/c1-14(12-23-16-5-3-2-4-6-16)13-24-17-9-7-15(8-10-17)11-18-19(22)21-20(25)26-18/h2-11,14H,12-13H2,1H3,(H,21,22,25)/b18-11-/t14-/m0/s1. The molecule has 0 bridgehead atoms. The fourth-order valence-electron chi connectivity index (χ4n) is 2.27. The Morgan fingerprint density at radius 1 is 1.04 bits per heavy atom. The van der Waals surface area contributed by atoms with E-state index in [1.54, 1.807) is 0 Å². The van der Waals surface area contributed by atoms with Crippen LogP contribution in [0.3, 0.4) is 0 Å². The van der Waals surface area contributed by atoms with Crippen LogP contribution in [0.2, 0.25) is 0 Å². The molecule has 0 saturated carbocycles. The topological polar surface area (TPSA) is 47.6 Å². The highest BCUT2D eigenvalue weighted by Gasteiger charge is 2.21. The van der Waals surface area contributed by atoms with Gasteiger partial charge in [-0.2, -0.15) is 0 Å². The first kappa shape index (κ1) is 18.5. The second-order valence-electron chi connectivity index (χ2n) is 5.96. The zero-order valence-corrected chi connectivity index (χ0v) is 15.9. The van der Waals surface area contributed by atoms with Crippen molar-refractivity contribution in [3.8, 4) is 11.5 Å². The maximum absolute atomic E-state index is 11.7. The maximum Gasteiger partial charge on any atom is 0.263 e. The average molecular weight is 386 g/mol. The molecule has 0 unspecified atom stereocenters. The monoisotopic (exact) mass is 385 g/mol. The Hall–Kier alpha value is -2.31. The first-order valence-electron chi connectivity index (χ1n) is 8.26. The van der Waals surface area contributed by atoms with Crippen molar-refractivity contribution in [2.75, 3.05) is 13.2 Å². The fraction of sp³-hybridized carbons (Fsp3) is 0.200. The van der Waals surface area contributed by atoms with Crippen molar-refractivity contribution in [1.82, 2.24) is 5.32 Å². The molecule has 1 aliphatic rings. The van der Waals surface area contributed by atoms with Gasteiger partial charge in [-0.3, -0.25) is 4.79 Å². The minimum absolute atomic E-state index is 0.146. The molecule has 1 fully saturated rings. The van der Waals surface area contributed by atoms with E-state index in [0.717, 1.165) is 17.1 Å². The van der Waals surface area contributed by atoms with Gasteiger partial charge in [0.05, 0.1) is 18.1 Å². The number of thioether (sulfide) groups is 1. The van der Waals surface area contributed by atoms with Gasteiger partial charge >= 0.3 is 0 Å². The van der Waals surface area contributed by atoms with Crippen LogP contribution in [0.5, 0.6) is 11.5 Å². The van der Waals surface area contributed by atoms with Crippen LogP contribution in [0.1, 0.15) is 12.5 Å². The third-order valence-electron chi connectivity index (χ3n) is 3.63. The summed E-state index contributed by atoms with van der Waals surface area (Å²) in [6.45, 7) is 3.25. The molecule has 26 heavy (non-hydrogen) atoms. The van der Waals surface area contributed by atoms with E-state index in [1.807, 2.05) is 60.7 Å². The number of para-hydroxylation sites is 1. The number of hydrogen-bond donors (Lipinski definition) is 1. The number of hydrogen-bond acceptors (Lipinski definition) is 5. The first-order chi connectivity index (χ1) is 12.6. The summed E-state index contributed by atoms with van der Waals surface area (Å²) in [5.41, 5.74) is 0.931. The van der Waals surface area contributed by atoms with E-state index in [2.05, 4.69) is 12.2 Å². The lowest BCUT2D eigenvalue weighted by atomic mass is 10.2. The van der Waals surface area contributed by atoms with Gasteiger partial charge in [-0.15, -0.1) is 0 Å². The highest BCUT2D eigenvalue weighted by Crippen LogP contribution is 2.26. The predicted molar refractivity (Wildman–Crippen MR) is 109 cm³/mol. The predicted octanol–water partition coefficient (Wildman–Crippen LogP) is 4.27. The van der Waals surface area contributed by atoms with Crippen LogP contribution in [-0.4, -0.2) is 23.4 Å². The lowest BCUT2D eigenvalue weighted by molar-refractivity contribution is -0.115. The number of amides is 1. The number of carbonyl (C=O) groups excluding carboxylic acids is 1. The van der Waals surface area contributed by atoms with Crippen molar-refractivity contribution in [2.45, 2.75) is 6.92 Å². The Kier molecular flexibility index (Phi) is 6.30. The Bertz CT molecular complexity index is 804. The summed E-state index contributed by atoms with van der Waals surface area (Å²) in [4.78, 5) is 12.3. The summed E-state index contributed by atoms with van der Waals surface area (Å²) >= 11 is 6.26. The van der Waals surface area contributed by atoms with Crippen molar-refractivity contribution in [2.24, 2.45) is 5.92 Å². The Morgan fingerprint density at radius 2 is 1.65 bits per heavy atom. The molecule has 0 aromatic heterocycles. The lowest BCUT2D eigenvalue weighted by Gasteiger charge is -2.14. The third-order valence-corrected chi connectivity index (χ3v) is 4.79. The number of carbonyl (C=O) groups is 1. The molecule has 0 spiro atoms. The van der Waals surface area contributed by atoms with Gasteiger partial charge in [0.25, 0.3) is 5.91 Å². The van der Waals surface area contributed by atoms with Gasteiger partial charge in [-0.25, -0.2) is 0 Å². The van der Waals surface area contributed by atoms with E-state index >= 15 is 0 Å². The molecule has 3 rings (SSSR count). The van der Waals surface area contributed by atoms with E-state index in [-0.39, 0.29) is 11.8 Å². The van der Waals surface area contributed by atoms with Gasteiger partial charge in [-0.05, 0) is 35.9 Å². The fourth-order valence-corrected chi connectivity index (χ4v) is 3.32. The van der Waals surface area contributed by atoms with E-state index in [4.69, 9.17) is 21.7 Å². The normalized spacial score (nSPS) is 16.4. The SMILES string of the molecule is C[C@@H](COc1ccccc1)COc1ccc(/C=C2\SC(=S)NC2=O)cc1. The molecule has 2 aromatic rings. The molecule has 6 heteroatoms. The minimum atomic E-state index is -0.146. The number of nitrogens with one attached hydrogen (secondary N) is 1. The molecular weight excluding hydrogens is 366 g/mol. The van der Waals surface area contributed by atoms with Crippen LogP contribution in [-0.2, 0) is 4.79 Å². The lowest BCUT2D eigenvalue weighted by Crippen LogP contribution is -2.17. The molecule has 0 aliphatic carbocycles. The Morgan fingerprint density at radius 3 is 2.23 bits per heavy atom. The van der Waals surface area contributed by atoms with Crippen LogP contribution in [0, 0.1) is 5.92 Å². The van der Waals surface area contributed by atoms with Crippen LogP contribution < -0.4 is 14.8 Å². The van der Waals surface area contributed by atoms with Crippen molar-refractivity contribution in [3.63, 3.8) is 0 Å². The zero-order chi connectivity index (χ0) is 18.4. The average Bonchev–Trinajstić information content (AvgIpc) is 2.97. The second kappa shape index (κ2) is 8.87. The van der Waals surface area contributed by atoms with Gasteiger partial charge in [-0.1, -0.05) is 61.2 Å². The van der Waals surface area contributed by atoms with Gasteiger partial charge < -0.3 is 14.8 Å². The summed E-state index contributed by atoms with van der Waals surface area (Å²) in [5, 5.41) is 2.61.